The maximum Gasteiger partial charge on any atom is 0.326 e. The molecule has 0 aromatic carbocycles. The highest BCUT2D eigenvalue weighted by Crippen LogP contribution is 2.06. The minimum Gasteiger partial charge on any atom is -0.480 e. The van der Waals surface area contributed by atoms with Crippen LogP contribution >= 0.6 is 0 Å². The molecule has 0 saturated carbocycles. The van der Waals surface area contributed by atoms with Crippen molar-refractivity contribution < 1.29 is 14.7 Å². The lowest BCUT2D eigenvalue weighted by Gasteiger charge is -2.23. The van der Waals surface area contributed by atoms with Gasteiger partial charge in [0.25, 0.3) is 0 Å². The maximum absolute atomic E-state index is 11.7. The SMILES string of the molecule is CCC(NC(=O)N[C@H](C(=O)O)C(C)C)C(C)C. The third-order valence-electron chi connectivity index (χ3n) is 2.78. The van der Waals surface area contributed by atoms with Crippen molar-refractivity contribution in [3.63, 3.8) is 0 Å². The second kappa shape index (κ2) is 7.14. The van der Waals surface area contributed by atoms with E-state index in [9.17, 15) is 9.59 Å². The third-order valence-corrected chi connectivity index (χ3v) is 2.78. The van der Waals surface area contributed by atoms with Gasteiger partial charge in [-0.25, -0.2) is 9.59 Å². The molecule has 100 valence electrons. The third kappa shape index (κ3) is 5.56. The number of hydrogen-bond acceptors (Lipinski definition) is 2. The van der Waals surface area contributed by atoms with E-state index in [4.69, 9.17) is 5.11 Å². The monoisotopic (exact) mass is 244 g/mol. The van der Waals surface area contributed by atoms with Crippen LogP contribution < -0.4 is 10.6 Å². The molecule has 0 rings (SSSR count). The minimum atomic E-state index is -1.01. The first-order valence-corrected chi connectivity index (χ1v) is 6.09. The summed E-state index contributed by atoms with van der Waals surface area (Å²) in [4.78, 5) is 22.6. The fraction of sp³-hybridized carbons (Fsp3) is 0.833. The van der Waals surface area contributed by atoms with Gasteiger partial charge in [0.1, 0.15) is 6.04 Å². The quantitative estimate of drug-likeness (QED) is 0.667. The largest absolute Gasteiger partial charge is 0.480 e. The van der Waals surface area contributed by atoms with Crippen LogP contribution in [0.5, 0.6) is 0 Å². The zero-order valence-electron chi connectivity index (χ0n) is 11.3. The first-order chi connectivity index (χ1) is 7.79. The van der Waals surface area contributed by atoms with Crippen molar-refractivity contribution in [2.75, 3.05) is 0 Å². The summed E-state index contributed by atoms with van der Waals surface area (Å²) in [5.41, 5.74) is 0. The van der Waals surface area contributed by atoms with Gasteiger partial charge in [-0.1, -0.05) is 34.6 Å². The molecule has 0 aromatic heterocycles. The predicted molar refractivity (Wildman–Crippen MR) is 66.8 cm³/mol. The second-order valence-corrected chi connectivity index (χ2v) is 4.94. The van der Waals surface area contributed by atoms with Gasteiger partial charge in [0.15, 0.2) is 0 Å². The van der Waals surface area contributed by atoms with Gasteiger partial charge in [-0.2, -0.15) is 0 Å². The van der Waals surface area contributed by atoms with Crippen LogP contribution in [0.3, 0.4) is 0 Å². The normalized spacial score (nSPS) is 14.5. The van der Waals surface area contributed by atoms with Crippen LogP contribution in [0.1, 0.15) is 41.0 Å². The van der Waals surface area contributed by atoms with Gasteiger partial charge in [0.2, 0.25) is 0 Å². The van der Waals surface area contributed by atoms with Crippen molar-refractivity contribution in [1.29, 1.82) is 0 Å². The Labute approximate surface area is 103 Å². The average Bonchev–Trinajstić information content (AvgIpc) is 2.21. The van der Waals surface area contributed by atoms with E-state index < -0.39 is 18.0 Å². The van der Waals surface area contributed by atoms with Crippen molar-refractivity contribution >= 4 is 12.0 Å². The predicted octanol–water partition coefficient (Wildman–Crippen LogP) is 1.83. The lowest BCUT2D eigenvalue weighted by molar-refractivity contribution is -0.140. The number of nitrogens with one attached hydrogen (secondary N) is 2. The van der Waals surface area contributed by atoms with E-state index in [2.05, 4.69) is 10.6 Å². The molecule has 0 fully saturated rings. The summed E-state index contributed by atoms with van der Waals surface area (Å²) in [6.45, 7) is 9.55. The van der Waals surface area contributed by atoms with Crippen LogP contribution in [0, 0.1) is 11.8 Å². The minimum absolute atomic E-state index is 0.0663. The molecule has 5 nitrogen and oxygen atoms in total. The molecule has 5 heteroatoms. The summed E-state index contributed by atoms with van der Waals surface area (Å²) in [7, 11) is 0. The van der Waals surface area contributed by atoms with E-state index >= 15 is 0 Å². The molecule has 1 unspecified atom stereocenters. The summed E-state index contributed by atoms with van der Waals surface area (Å²) in [5.74, 6) is -0.821. The van der Waals surface area contributed by atoms with Gasteiger partial charge in [0.05, 0.1) is 0 Å². The fourth-order valence-corrected chi connectivity index (χ4v) is 1.60. The van der Waals surface area contributed by atoms with E-state index in [1.807, 2.05) is 20.8 Å². The molecule has 2 amide bonds. The van der Waals surface area contributed by atoms with Crippen LogP contribution in [0.15, 0.2) is 0 Å². The van der Waals surface area contributed by atoms with Gasteiger partial charge in [-0.3, -0.25) is 0 Å². The molecule has 0 heterocycles. The molecule has 17 heavy (non-hydrogen) atoms. The Kier molecular flexibility index (Phi) is 6.61. The second-order valence-electron chi connectivity index (χ2n) is 4.94. The Morgan fingerprint density at radius 2 is 1.59 bits per heavy atom. The molecule has 0 bridgehead atoms. The Balaban J connectivity index is 4.37. The standard InChI is InChI=1S/C12H24N2O3/c1-6-9(7(2)3)13-12(17)14-10(8(4)5)11(15)16/h7-10H,6H2,1-5H3,(H,15,16)(H2,13,14,17)/t9?,10-/m0/s1. The molecule has 0 aliphatic heterocycles. The Hall–Kier alpha value is -1.26. The van der Waals surface area contributed by atoms with Gasteiger partial charge < -0.3 is 15.7 Å². The number of hydrogen-bond donors (Lipinski definition) is 3. The van der Waals surface area contributed by atoms with Gasteiger partial charge in [-0.15, -0.1) is 0 Å². The molecule has 0 aliphatic rings. The van der Waals surface area contributed by atoms with Crippen LogP contribution in [0.4, 0.5) is 4.79 Å². The maximum atomic E-state index is 11.7. The van der Waals surface area contributed by atoms with E-state index in [1.54, 1.807) is 13.8 Å². The molecule has 2 atom stereocenters. The number of carbonyl (C=O) groups excluding carboxylic acids is 1. The summed E-state index contributed by atoms with van der Waals surface area (Å²) in [6.07, 6.45) is 0.824. The number of aliphatic carboxylic acids is 1. The highest BCUT2D eigenvalue weighted by molar-refractivity contribution is 5.82. The van der Waals surface area contributed by atoms with Crippen molar-refractivity contribution in [3.8, 4) is 0 Å². The van der Waals surface area contributed by atoms with Crippen molar-refractivity contribution in [2.24, 2.45) is 11.8 Å². The number of rotatable bonds is 6. The van der Waals surface area contributed by atoms with Gasteiger partial charge in [-0.05, 0) is 18.3 Å². The number of carboxylic acids is 1. The molecular weight excluding hydrogens is 220 g/mol. The smallest absolute Gasteiger partial charge is 0.326 e. The molecule has 0 aromatic rings. The summed E-state index contributed by atoms with van der Waals surface area (Å²) >= 11 is 0. The summed E-state index contributed by atoms with van der Waals surface area (Å²) < 4.78 is 0. The zero-order valence-corrected chi connectivity index (χ0v) is 11.3. The lowest BCUT2D eigenvalue weighted by Crippen LogP contribution is -2.51. The molecular formula is C12H24N2O3. The van der Waals surface area contributed by atoms with Crippen LogP contribution in [-0.4, -0.2) is 29.2 Å². The van der Waals surface area contributed by atoms with Crippen LogP contribution in [-0.2, 0) is 4.79 Å². The first kappa shape index (κ1) is 15.7. The van der Waals surface area contributed by atoms with Crippen molar-refractivity contribution in [2.45, 2.75) is 53.1 Å². The molecule has 0 saturated heterocycles. The topological polar surface area (TPSA) is 78.4 Å². The Morgan fingerprint density at radius 1 is 1.06 bits per heavy atom. The van der Waals surface area contributed by atoms with E-state index in [0.29, 0.717) is 5.92 Å². The van der Waals surface area contributed by atoms with Crippen LogP contribution in [0.25, 0.3) is 0 Å². The summed E-state index contributed by atoms with van der Waals surface area (Å²) in [5, 5.41) is 14.2. The Bertz CT molecular complexity index is 264. The fourth-order valence-electron chi connectivity index (χ4n) is 1.60. The summed E-state index contributed by atoms with van der Waals surface area (Å²) in [6, 6.07) is -1.19. The van der Waals surface area contributed by atoms with E-state index in [1.165, 1.54) is 0 Å². The van der Waals surface area contributed by atoms with Crippen molar-refractivity contribution in [1.82, 2.24) is 10.6 Å². The first-order valence-electron chi connectivity index (χ1n) is 6.09. The number of carboxylic acid groups (broad SMARTS) is 1. The molecule has 3 N–H and O–H groups in total. The molecule has 0 spiro atoms. The van der Waals surface area contributed by atoms with Gasteiger partial charge >= 0.3 is 12.0 Å². The highest BCUT2D eigenvalue weighted by atomic mass is 16.4. The van der Waals surface area contributed by atoms with Crippen LogP contribution in [0.2, 0.25) is 0 Å². The highest BCUT2D eigenvalue weighted by Gasteiger charge is 2.24. The molecule has 0 radical (unpaired) electrons. The van der Waals surface area contributed by atoms with E-state index in [-0.39, 0.29) is 12.0 Å². The Morgan fingerprint density at radius 3 is 1.88 bits per heavy atom. The number of urea groups is 1. The number of carbonyl (C=O) groups is 2. The zero-order chi connectivity index (χ0) is 13.6. The van der Waals surface area contributed by atoms with E-state index in [0.717, 1.165) is 6.42 Å². The average molecular weight is 244 g/mol. The number of amides is 2. The van der Waals surface area contributed by atoms with Gasteiger partial charge in [0, 0.05) is 6.04 Å². The van der Waals surface area contributed by atoms with Crippen molar-refractivity contribution in [3.05, 3.63) is 0 Å². The molecule has 0 aliphatic carbocycles. The lowest BCUT2D eigenvalue weighted by atomic mass is 10.0.